The minimum absolute atomic E-state index is 0.186. The molecule has 3 aromatic rings. The zero-order chi connectivity index (χ0) is 35.6. The summed E-state index contributed by atoms with van der Waals surface area (Å²) in [6.07, 6.45) is -4.82. The van der Waals surface area contributed by atoms with Crippen LogP contribution in [0.1, 0.15) is 42.9 Å². The molecule has 0 unspecified atom stereocenters. The lowest BCUT2D eigenvalue weighted by molar-refractivity contribution is -0.123. The molecule has 0 saturated carbocycles. The van der Waals surface area contributed by atoms with Gasteiger partial charge in [-0.15, -0.1) is 0 Å². The second-order valence-corrected chi connectivity index (χ2v) is 8.88. The molecule has 0 fully saturated rings. The summed E-state index contributed by atoms with van der Waals surface area (Å²) in [6.45, 7) is -12.8. The first kappa shape index (κ1) is 14.3. The van der Waals surface area contributed by atoms with Gasteiger partial charge in [0.05, 0.1) is 26.6 Å². The molecule has 0 aliphatic carbocycles. The maximum absolute atomic E-state index is 12.0. The number of carbonyl (C=O) groups excluding carboxylic acids is 1. The van der Waals surface area contributed by atoms with Crippen molar-refractivity contribution in [2.45, 2.75) is 32.5 Å². The van der Waals surface area contributed by atoms with Gasteiger partial charge in [-0.25, -0.2) is 13.4 Å². The Morgan fingerprint density at radius 2 is 1.69 bits per heavy atom. The van der Waals surface area contributed by atoms with Crippen LogP contribution in [-0.4, -0.2) is 56.3 Å². The number of ether oxygens (including phenoxy) is 1. The lowest BCUT2D eigenvalue weighted by Gasteiger charge is -2.28. The number of nitrogens with one attached hydrogen (secondary N) is 1. The monoisotopic (exact) mass is 508 g/mol. The Balaban J connectivity index is 2.14. The van der Waals surface area contributed by atoms with E-state index in [0.29, 0.717) is 28.0 Å². The third-order valence-electron chi connectivity index (χ3n) is 4.42. The molecular weight excluding hydrogens is 464 g/mol. The molecule has 0 bridgehead atoms. The quantitative estimate of drug-likeness (QED) is 0.396. The van der Waals surface area contributed by atoms with Crippen molar-refractivity contribution in [2.75, 3.05) is 30.9 Å². The third kappa shape index (κ3) is 8.15. The highest BCUT2D eigenvalue weighted by atomic mass is 32.2. The zero-order valence-corrected chi connectivity index (χ0v) is 19.5. The molecule has 0 saturated heterocycles. The predicted octanol–water partition coefficient (Wildman–Crippen LogP) is 3.90. The lowest BCUT2D eigenvalue weighted by atomic mass is 10.0. The van der Waals surface area contributed by atoms with Crippen molar-refractivity contribution in [3.63, 3.8) is 0 Å². The molecule has 1 heterocycles. The van der Waals surface area contributed by atoms with Crippen molar-refractivity contribution in [3.05, 3.63) is 66.9 Å². The molecule has 35 heavy (non-hydrogen) atoms. The molecule has 0 aliphatic heterocycles. The fraction of sp³-hybridized carbons (Fsp3) is 0.346. The number of sulfonamides is 1. The number of anilines is 1. The van der Waals surface area contributed by atoms with Gasteiger partial charge in [0.1, 0.15) is 12.4 Å². The van der Waals surface area contributed by atoms with E-state index in [1.165, 1.54) is 4.72 Å². The van der Waals surface area contributed by atoms with Gasteiger partial charge in [-0.3, -0.25) is 14.5 Å². The van der Waals surface area contributed by atoms with E-state index in [1.807, 2.05) is 0 Å². The smallest absolute Gasteiger partial charge is 0.259 e. The first-order valence-electron chi connectivity index (χ1n) is 16.3. The average Bonchev–Trinajstić information content (AvgIpc) is 2.94. The molecule has 0 radical (unpaired) electrons. The van der Waals surface area contributed by atoms with E-state index in [4.69, 9.17) is 16.4 Å². The Hall–Kier alpha value is -3.30. The lowest BCUT2D eigenvalue weighted by Crippen LogP contribution is -2.33. The second-order valence-electron chi connectivity index (χ2n) is 7.14. The Kier molecular flexibility index (Phi) is 5.08. The Morgan fingerprint density at radius 1 is 1.06 bits per heavy atom. The van der Waals surface area contributed by atoms with Crippen molar-refractivity contribution in [2.24, 2.45) is 0 Å². The number of benzene rings is 2. The molecule has 1 N–H and O–H groups in total. The second kappa shape index (κ2) is 12.4. The van der Waals surface area contributed by atoms with Gasteiger partial charge in [0.25, 0.3) is 5.91 Å². The fourth-order valence-corrected chi connectivity index (χ4v) is 3.32. The number of rotatable bonds is 12. The van der Waals surface area contributed by atoms with Gasteiger partial charge < -0.3 is 9.64 Å². The van der Waals surface area contributed by atoms with Crippen LogP contribution < -0.4 is 9.62 Å². The third-order valence-corrected chi connectivity index (χ3v) is 4.98. The summed E-state index contributed by atoms with van der Waals surface area (Å²) >= 11 is 0. The van der Waals surface area contributed by atoms with Gasteiger partial charge in [-0.05, 0) is 26.4 Å². The normalized spacial score (nSPS) is 18.5. The molecule has 3 rings (SSSR count). The number of carbonyl (C=O) groups is 1. The summed E-state index contributed by atoms with van der Waals surface area (Å²) in [4.78, 5) is 21.6. The molecule has 1 aromatic heterocycles. The van der Waals surface area contributed by atoms with Crippen molar-refractivity contribution < 1.29 is 34.4 Å². The highest BCUT2D eigenvalue weighted by molar-refractivity contribution is 7.89. The Morgan fingerprint density at radius 3 is 2.29 bits per heavy atom. The Labute approximate surface area is 224 Å². The van der Waals surface area contributed by atoms with Crippen LogP contribution in [0.5, 0.6) is 0 Å². The summed E-state index contributed by atoms with van der Waals surface area (Å²) in [5.74, 6) is -2.21. The molecule has 186 valence electrons. The largest absolute Gasteiger partial charge is 0.372 e. The van der Waals surface area contributed by atoms with E-state index < -0.39 is 74.0 Å². The number of nitrogens with zero attached hydrogens (tertiary/aromatic N) is 3. The molecule has 8 nitrogen and oxygen atoms in total. The number of aromatic nitrogens is 2. The standard InChI is InChI=1S/C26H32N4O4S/c1-20(2)30(16-10-11-17-34-19-24(31)29-35(3,32)33)23-18-27-25(21-12-6-4-7-13-21)26(28-23)22-14-8-5-9-15-22/h4-9,12-15,18,20H,10-11,16-17,19H2,1-3H3,(H,29,31)/i1D3,2D3,10D2,11D2,19D2. The molecule has 2 aromatic carbocycles. The van der Waals surface area contributed by atoms with E-state index in [-0.39, 0.29) is 5.69 Å². The van der Waals surface area contributed by atoms with Crippen molar-refractivity contribution in [1.82, 2.24) is 14.7 Å². The van der Waals surface area contributed by atoms with Crippen LogP contribution in [0.4, 0.5) is 5.82 Å². The van der Waals surface area contributed by atoms with Crippen LogP contribution in [0.25, 0.3) is 22.5 Å². The van der Waals surface area contributed by atoms with Gasteiger partial charge in [0.15, 0.2) is 0 Å². The first-order valence-corrected chi connectivity index (χ1v) is 12.2. The molecule has 0 spiro atoms. The van der Waals surface area contributed by atoms with Gasteiger partial charge in [-0.2, -0.15) is 0 Å². The molecular formula is C26H32N4O4S. The number of hydrogen-bond acceptors (Lipinski definition) is 7. The minimum atomic E-state index is -4.23. The predicted molar refractivity (Wildman–Crippen MR) is 138 cm³/mol. The number of hydrogen-bond donors (Lipinski definition) is 1. The van der Waals surface area contributed by atoms with Gasteiger partial charge in [0.2, 0.25) is 10.0 Å². The molecule has 1 amide bonds. The average molecular weight is 509 g/mol. The maximum Gasteiger partial charge on any atom is 0.259 e. The van der Waals surface area contributed by atoms with E-state index >= 15 is 0 Å². The van der Waals surface area contributed by atoms with E-state index in [0.717, 1.165) is 6.20 Å². The maximum atomic E-state index is 12.0. The van der Waals surface area contributed by atoms with E-state index in [2.05, 4.69) is 14.7 Å². The highest BCUT2D eigenvalue weighted by Gasteiger charge is 2.17. The summed E-state index contributed by atoms with van der Waals surface area (Å²) in [6, 6.07) is 14.8. The van der Waals surface area contributed by atoms with Crippen LogP contribution in [0.15, 0.2) is 66.9 Å². The highest BCUT2D eigenvalue weighted by Crippen LogP contribution is 2.30. The van der Waals surface area contributed by atoms with Crippen molar-refractivity contribution >= 4 is 21.7 Å². The summed E-state index contributed by atoms with van der Waals surface area (Å²) in [5.41, 5.74) is 1.63. The van der Waals surface area contributed by atoms with Crippen LogP contribution >= 0.6 is 0 Å². The molecule has 0 aliphatic rings. The summed E-state index contributed by atoms with van der Waals surface area (Å²) in [7, 11) is -4.23. The minimum Gasteiger partial charge on any atom is -0.372 e. The van der Waals surface area contributed by atoms with Crippen LogP contribution in [0.3, 0.4) is 0 Å². The van der Waals surface area contributed by atoms with Crippen molar-refractivity contribution in [3.8, 4) is 22.5 Å². The SMILES string of the molecule is [2H]C([2H])(OCC([2H])([2H])C([2H])([2H])CN(c1cnc(-c2ccccc2)c(-c2ccccc2)n1)C(C([2H])([2H])[2H])C([2H])([2H])[2H])C(=O)NS(C)(=O)=O. The number of amides is 1. The van der Waals surface area contributed by atoms with Crippen LogP contribution in [0.2, 0.25) is 0 Å². The summed E-state index contributed by atoms with van der Waals surface area (Å²) < 4.78 is 126. The fourth-order valence-electron chi connectivity index (χ4n) is 2.95. The van der Waals surface area contributed by atoms with Crippen molar-refractivity contribution in [1.29, 1.82) is 0 Å². The van der Waals surface area contributed by atoms with Crippen LogP contribution in [-0.2, 0) is 19.6 Å². The van der Waals surface area contributed by atoms with E-state index in [9.17, 15) is 13.2 Å². The zero-order valence-electron chi connectivity index (χ0n) is 30.7. The van der Waals surface area contributed by atoms with Gasteiger partial charge in [-0.1, -0.05) is 60.7 Å². The van der Waals surface area contributed by atoms with E-state index in [1.54, 1.807) is 60.7 Å². The van der Waals surface area contributed by atoms with Gasteiger partial charge in [0, 0.05) is 44.0 Å². The molecule has 9 heteroatoms. The Bertz CT molecular complexity index is 1640. The van der Waals surface area contributed by atoms with Gasteiger partial charge >= 0.3 is 0 Å². The first-order chi connectivity index (χ1) is 21.4. The van der Waals surface area contributed by atoms with Crippen LogP contribution in [0, 0.1) is 0 Å². The summed E-state index contributed by atoms with van der Waals surface area (Å²) in [5, 5.41) is 0. The topological polar surface area (TPSA) is 101 Å². The molecule has 0 atom stereocenters.